The maximum absolute atomic E-state index is 9.81. The van der Waals surface area contributed by atoms with E-state index in [1.165, 1.54) is 0 Å². The van der Waals surface area contributed by atoms with Crippen molar-refractivity contribution in [1.82, 2.24) is 9.78 Å². The lowest BCUT2D eigenvalue weighted by Gasteiger charge is -2.06. The number of hydrogen-bond donors (Lipinski definition) is 1. The average Bonchev–Trinajstić information content (AvgIpc) is 2.57. The molecule has 0 bridgehead atoms. The Hall–Kier alpha value is -1.61. The quantitative estimate of drug-likeness (QED) is 0.837. The van der Waals surface area contributed by atoms with Crippen molar-refractivity contribution in [3.8, 4) is 11.3 Å². The second kappa shape index (κ2) is 4.10. The summed E-state index contributed by atoms with van der Waals surface area (Å²) in [7, 11) is 1.90. The minimum absolute atomic E-state index is 0.496. The van der Waals surface area contributed by atoms with Crippen LogP contribution in [-0.4, -0.2) is 14.9 Å². The molecular weight excluding hydrogens is 200 g/mol. The highest BCUT2D eigenvalue weighted by atomic mass is 16.3. The molecule has 3 heteroatoms. The van der Waals surface area contributed by atoms with Crippen LogP contribution in [-0.2, 0) is 7.05 Å². The van der Waals surface area contributed by atoms with Crippen molar-refractivity contribution in [3.63, 3.8) is 0 Å². The fourth-order valence-corrected chi connectivity index (χ4v) is 1.93. The van der Waals surface area contributed by atoms with Crippen molar-refractivity contribution in [2.24, 2.45) is 7.05 Å². The van der Waals surface area contributed by atoms with E-state index in [9.17, 15) is 5.11 Å². The summed E-state index contributed by atoms with van der Waals surface area (Å²) in [5.74, 6) is 0. The topological polar surface area (TPSA) is 38.1 Å². The Bertz CT molecular complexity index is 486. The number of benzene rings is 1. The minimum atomic E-state index is -0.496. The molecule has 16 heavy (non-hydrogen) atoms. The van der Waals surface area contributed by atoms with Gasteiger partial charge in [0, 0.05) is 23.9 Å². The molecular formula is C13H16N2O. The van der Waals surface area contributed by atoms with Gasteiger partial charge < -0.3 is 5.11 Å². The van der Waals surface area contributed by atoms with Gasteiger partial charge in [-0.15, -0.1) is 0 Å². The van der Waals surface area contributed by atoms with Gasteiger partial charge in [0.25, 0.3) is 0 Å². The van der Waals surface area contributed by atoms with E-state index >= 15 is 0 Å². The van der Waals surface area contributed by atoms with Crippen molar-refractivity contribution >= 4 is 0 Å². The van der Waals surface area contributed by atoms with Gasteiger partial charge in [-0.1, -0.05) is 30.3 Å². The van der Waals surface area contributed by atoms with E-state index in [1.807, 2.05) is 49.0 Å². The Kier molecular flexibility index (Phi) is 2.79. The number of aromatic nitrogens is 2. The molecule has 0 aliphatic rings. The number of aliphatic hydroxyl groups excluding tert-OH is 1. The fourth-order valence-electron chi connectivity index (χ4n) is 1.93. The van der Waals surface area contributed by atoms with E-state index in [0.717, 1.165) is 22.5 Å². The van der Waals surface area contributed by atoms with Crippen LogP contribution in [0.2, 0.25) is 0 Å². The van der Waals surface area contributed by atoms with Crippen LogP contribution in [0.4, 0.5) is 0 Å². The third-order valence-corrected chi connectivity index (χ3v) is 2.85. The number of hydrogen-bond acceptors (Lipinski definition) is 2. The molecule has 2 aromatic rings. The zero-order valence-electron chi connectivity index (χ0n) is 9.81. The van der Waals surface area contributed by atoms with Crippen LogP contribution >= 0.6 is 0 Å². The summed E-state index contributed by atoms with van der Waals surface area (Å²) < 4.78 is 1.81. The first kappa shape index (κ1) is 10.9. The predicted molar refractivity (Wildman–Crippen MR) is 64.0 cm³/mol. The van der Waals surface area contributed by atoms with Gasteiger partial charge in [0.05, 0.1) is 11.8 Å². The summed E-state index contributed by atoms with van der Waals surface area (Å²) in [5.41, 5.74) is 3.83. The number of nitrogens with zero attached hydrogens (tertiary/aromatic N) is 2. The first-order valence-electron chi connectivity index (χ1n) is 5.38. The van der Waals surface area contributed by atoms with Crippen molar-refractivity contribution in [1.29, 1.82) is 0 Å². The SMILES string of the molecule is Cc1c(C(C)O)c(-c2ccccc2)nn1C. The molecule has 1 heterocycles. The highest BCUT2D eigenvalue weighted by molar-refractivity contribution is 5.64. The summed E-state index contributed by atoms with van der Waals surface area (Å²) in [6, 6.07) is 9.94. The molecule has 0 aliphatic carbocycles. The van der Waals surface area contributed by atoms with Gasteiger partial charge in [0.15, 0.2) is 0 Å². The Morgan fingerprint density at radius 2 is 1.88 bits per heavy atom. The van der Waals surface area contributed by atoms with Crippen molar-refractivity contribution in [3.05, 3.63) is 41.6 Å². The van der Waals surface area contributed by atoms with E-state index in [-0.39, 0.29) is 0 Å². The van der Waals surface area contributed by atoms with Crippen molar-refractivity contribution < 1.29 is 5.11 Å². The van der Waals surface area contributed by atoms with Gasteiger partial charge >= 0.3 is 0 Å². The van der Waals surface area contributed by atoms with Crippen LogP contribution in [0.3, 0.4) is 0 Å². The second-order valence-corrected chi connectivity index (χ2v) is 4.01. The van der Waals surface area contributed by atoms with Gasteiger partial charge in [0.1, 0.15) is 0 Å². The molecule has 0 amide bonds. The van der Waals surface area contributed by atoms with Gasteiger partial charge in [-0.05, 0) is 13.8 Å². The summed E-state index contributed by atoms with van der Waals surface area (Å²) in [6.07, 6.45) is -0.496. The maximum Gasteiger partial charge on any atom is 0.0983 e. The average molecular weight is 216 g/mol. The van der Waals surface area contributed by atoms with Crippen LogP contribution in [0, 0.1) is 6.92 Å². The third-order valence-electron chi connectivity index (χ3n) is 2.85. The Labute approximate surface area is 95.3 Å². The number of rotatable bonds is 2. The lowest BCUT2D eigenvalue weighted by atomic mass is 10.0. The highest BCUT2D eigenvalue weighted by Gasteiger charge is 2.17. The third kappa shape index (κ3) is 1.74. The van der Waals surface area contributed by atoms with Gasteiger partial charge in [0.2, 0.25) is 0 Å². The maximum atomic E-state index is 9.81. The summed E-state index contributed by atoms with van der Waals surface area (Å²) >= 11 is 0. The lowest BCUT2D eigenvalue weighted by molar-refractivity contribution is 0.199. The van der Waals surface area contributed by atoms with Crippen molar-refractivity contribution in [2.45, 2.75) is 20.0 Å². The van der Waals surface area contributed by atoms with E-state index in [0.29, 0.717) is 0 Å². The molecule has 0 saturated carbocycles. The molecule has 84 valence electrons. The van der Waals surface area contributed by atoms with Gasteiger partial charge in [-0.2, -0.15) is 5.10 Å². The highest BCUT2D eigenvalue weighted by Crippen LogP contribution is 2.29. The van der Waals surface area contributed by atoms with Crippen LogP contribution in [0.5, 0.6) is 0 Å². The first-order valence-corrected chi connectivity index (χ1v) is 5.38. The lowest BCUT2D eigenvalue weighted by Crippen LogP contribution is -1.96. The van der Waals surface area contributed by atoms with Crippen LogP contribution < -0.4 is 0 Å². The van der Waals surface area contributed by atoms with E-state index in [2.05, 4.69) is 5.10 Å². The number of aliphatic hydroxyl groups is 1. The smallest absolute Gasteiger partial charge is 0.0983 e. The van der Waals surface area contributed by atoms with Gasteiger partial charge in [-0.25, -0.2) is 0 Å². The summed E-state index contributed by atoms with van der Waals surface area (Å²) in [4.78, 5) is 0. The van der Waals surface area contributed by atoms with Crippen LogP contribution in [0.1, 0.15) is 24.3 Å². The first-order chi connectivity index (χ1) is 7.61. The molecule has 0 spiro atoms. The van der Waals surface area contributed by atoms with E-state index in [1.54, 1.807) is 6.92 Å². The predicted octanol–water partition coefficient (Wildman–Crippen LogP) is 2.45. The Morgan fingerprint density at radius 3 is 2.44 bits per heavy atom. The molecule has 1 N–H and O–H groups in total. The zero-order chi connectivity index (χ0) is 11.7. The summed E-state index contributed by atoms with van der Waals surface area (Å²) in [6.45, 7) is 3.75. The molecule has 2 rings (SSSR count). The second-order valence-electron chi connectivity index (χ2n) is 4.01. The fraction of sp³-hybridized carbons (Fsp3) is 0.308. The monoisotopic (exact) mass is 216 g/mol. The Balaban J connectivity index is 2.62. The minimum Gasteiger partial charge on any atom is -0.389 e. The molecule has 1 atom stereocenters. The zero-order valence-corrected chi connectivity index (χ0v) is 9.81. The van der Waals surface area contributed by atoms with E-state index in [4.69, 9.17) is 0 Å². The van der Waals surface area contributed by atoms with Crippen molar-refractivity contribution in [2.75, 3.05) is 0 Å². The molecule has 0 aliphatic heterocycles. The number of aryl methyl sites for hydroxylation is 1. The Morgan fingerprint density at radius 1 is 1.25 bits per heavy atom. The van der Waals surface area contributed by atoms with E-state index < -0.39 is 6.10 Å². The molecule has 3 nitrogen and oxygen atoms in total. The standard InChI is InChI=1S/C13H16N2O/c1-9-12(10(2)16)13(14-15(9)3)11-7-5-4-6-8-11/h4-8,10,16H,1-3H3. The summed E-state index contributed by atoms with van der Waals surface area (Å²) in [5, 5.41) is 14.3. The molecule has 0 fully saturated rings. The normalized spacial score (nSPS) is 12.8. The molecule has 1 aromatic carbocycles. The van der Waals surface area contributed by atoms with Gasteiger partial charge in [-0.3, -0.25) is 4.68 Å². The van der Waals surface area contributed by atoms with Crippen LogP contribution in [0.25, 0.3) is 11.3 Å². The molecule has 0 radical (unpaired) electrons. The largest absolute Gasteiger partial charge is 0.389 e. The molecule has 0 saturated heterocycles. The molecule has 1 unspecified atom stereocenters. The molecule has 1 aromatic heterocycles. The van der Waals surface area contributed by atoms with Crippen LogP contribution in [0.15, 0.2) is 30.3 Å².